The molecule has 1 aliphatic rings. The molecule has 0 saturated carbocycles. The monoisotopic (exact) mass is 274 g/mol. The Hall–Kier alpha value is -2.55. The SMILES string of the molecule is C#CCN1C(=O)C(C(C)C)Oc2ccc([N+](=O)[O-])cc21. The number of rotatable bonds is 3. The molecular formula is C14H14N2O4. The maximum absolute atomic E-state index is 12.3. The zero-order valence-corrected chi connectivity index (χ0v) is 11.2. The lowest BCUT2D eigenvalue weighted by atomic mass is 10.0. The molecule has 0 N–H and O–H groups in total. The summed E-state index contributed by atoms with van der Waals surface area (Å²) in [5.74, 6) is 2.54. The number of nitro groups is 1. The molecule has 0 radical (unpaired) electrons. The van der Waals surface area contributed by atoms with Gasteiger partial charge in [0.1, 0.15) is 5.75 Å². The predicted molar refractivity (Wildman–Crippen MR) is 73.5 cm³/mol. The van der Waals surface area contributed by atoms with Gasteiger partial charge in [-0.2, -0.15) is 0 Å². The lowest BCUT2D eigenvalue weighted by Gasteiger charge is -2.34. The second-order valence-electron chi connectivity index (χ2n) is 4.82. The zero-order valence-electron chi connectivity index (χ0n) is 11.2. The Bertz CT molecular complexity index is 604. The highest BCUT2D eigenvalue weighted by Crippen LogP contribution is 2.37. The summed E-state index contributed by atoms with van der Waals surface area (Å²) in [6, 6.07) is 4.15. The number of non-ortho nitro benzene ring substituents is 1. The van der Waals surface area contributed by atoms with E-state index in [9.17, 15) is 14.9 Å². The average molecular weight is 274 g/mol. The number of terminal acetylenes is 1. The van der Waals surface area contributed by atoms with E-state index in [2.05, 4.69) is 5.92 Å². The number of hydrogen-bond donors (Lipinski definition) is 0. The van der Waals surface area contributed by atoms with Crippen LogP contribution in [0.4, 0.5) is 11.4 Å². The highest BCUT2D eigenvalue weighted by molar-refractivity contribution is 6.00. The minimum atomic E-state index is -0.627. The van der Waals surface area contributed by atoms with Gasteiger partial charge >= 0.3 is 0 Å². The molecule has 1 aromatic carbocycles. The summed E-state index contributed by atoms with van der Waals surface area (Å²) in [6.45, 7) is 3.79. The highest BCUT2D eigenvalue weighted by atomic mass is 16.6. The Labute approximate surface area is 116 Å². The van der Waals surface area contributed by atoms with E-state index in [1.807, 2.05) is 13.8 Å². The van der Waals surface area contributed by atoms with Crippen molar-refractivity contribution in [3.63, 3.8) is 0 Å². The molecule has 1 unspecified atom stereocenters. The van der Waals surface area contributed by atoms with Crippen molar-refractivity contribution in [2.75, 3.05) is 11.4 Å². The zero-order chi connectivity index (χ0) is 14.9. The molecule has 20 heavy (non-hydrogen) atoms. The third-order valence-corrected chi connectivity index (χ3v) is 3.06. The molecule has 1 aliphatic heterocycles. The van der Waals surface area contributed by atoms with Gasteiger partial charge in [0, 0.05) is 12.1 Å². The number of benzene rings is 1. The van der Waals surface area contributed by atoms with Crippen molar-refractivity contribution in [1.82, 2.24) is 0 Å². The van der Waals surface area contributed by atoms with Crippen molar-refractivity contribution >= 4 is 17.3 Å². The van der Waals surface area contributed by atoms with Gasteiger partial charge in [-0.15, -0.1) is 6.42 Å². The molecule has 1 atom stereocenters. The Morgan fingerprint density at radius 1 is 1.55 bits per heavy atom. The van der Waals surface area contributed by atoms with Gasteiger partial charge in [-0.3, -0.25) is 19.8 Å². The van der Waals surface area contributed by atoms with E-state index in [1.165, 1.54) is 23.1 Å². The number of fused-ring (bicyclic) bond motifs is 1. The van der Waals surface area contributed by atoms with Crippen LogP contribution in [0.2, 0.25) is 0 Å². The number of amides is 1. The molecule has 1 amide bonds. The van der Waals surface area contributed by atoms with Crippen molar-refractivity contribution in [3.05, 3.63) is 28.3 Å². The van der Waals surface area contributed by atoms with Crippen LogP contribution in [0.15, 0.2) is 18.2 Å². The molecule has 0 saturated heterocycles. The first-order valence-corrected chi connectivity index (χ1v) is 6.15. The fraction of sp³-hybridized carbons (Fsp3) is 0.357. The van der Waals surface area contributed by atoms with Crippen LogP contribution in [0.25, 0.3) is 0 Å². The number of ether oxygens (including phenoxy) is 1. The first-order valence-electron chi connectivity index (χ1n) is 6.15. The van der Waals surface area contributed by atoms with Crippen LogP contribution >= 0.6 is 0 Å². The summed E-state index contributed by atoms with van der Waals surface area (Å²) < 4.78 is 5.63. The lowest BCUT2D eigenvalue weighted by Crippen LogP contribution is -2.48. The maximum atomic E-state index is 12.3. The van der Waals surface area contributed by atoms with Gasteiger partial charge in [0.15, 0.2) is 6.10 Å². The average Bonchev–Trinajstić information content (AvgIpc) is 2.40. The minimum Gasteiger partial charge on any atom is -0.478 e. The molecule has 1 heterocycles. The number of hydrogen-bond acceptors (Lipinski definition) is 4. The third kappa shape index (κ3) is 2.30. The second-order valence-corrected chi connectivity index (χ2v) is 4.82. The van der Waals surface area contributed by atoms with E-state index in [-0.39, 0.29) is 24.1 Å². The van der Waals surface area contributed by atoms with Crippen molar-refractivity contribution in [1.29, 1.82) is 0 Å². The number of nitrogens with zero attached hydrogens (tertiary/aromatic N) is 2. The summed E-state index contributed by atoms with van der Waals surface area (Å²) in [5, 5.41) is 10.8. The molecule has 0 bridgehead atoms. The topological polar surface area (TPSA) is 72.7 Å². The van der Waals surface area contributed by atoms with Gasteiger partial charge in [-0.25, -0.2) is 0 Å². The summed E-state index contributed by atoms with van der Waals surface area (Å²) in [6.07, 6.45) is 4.65. The van der Waals surface area contributed by atoms with E-state index >= 15 is 0 Å². The largest absolute Gasteiger partial charge is 0.478 e. The molecule has 0 aromatic heterocycles. The van der Waals surface area contributed by atoms with Crippen LogP contribution in [-0.2, 0) is 4.79 Å². The third-order valence-electron chi connectivity index (χ3n) is 3.06. The number of nitro benzene ring substituents is 1. The van der Waals surface area contributed by atoms with Gasteiger partial charge in [-0.05, 0) is 12.0 Å². The van der Waals surface area contributed by atoms with Crippen molar-refractivity contribution in [2.24, 2.45) is 5.92 Å². The maximum Gasteiger partial charge on any atom is 0.271 e. The smallest absolute Gasteiger partial charge is 0.271 e. The van der Waals surface area contributed by atoms with E-state index in [0.717, 1.165) is 0 Å². The molecule has 1 aromatic rings. The molecule has 104 valence electrons. The first kappa shape index (κ1) is 13.9. The van der Waals surface area contributed by atoms with E-state index in [4.69, 9.17) is 11.2 Å². The van der Waals surface area contributed by atoms with Gasteiger partial charge in [0.05, 0.1) is 17.2 Å². The quantitative estimate of drug-likeness (QED) is 0.480. The molecule has 0 aliphatic carbocycles. The standard InChI is InChI=1S/C14H14N2O4/c1-4-7-15-11-8-10(16(18)19)5-6-12(11)20-13(9(2)3)14(15)17/h1,5-6,8-9,13H,7H2,2-3H3. The Balaban J connectivity index is 2.51. The van der Waals surface area contributed by atoms with Crippen LogP contribution in [0.5, 0.6) is 5.75 Å². The van der Waals surface area contributed by atoms with Gasteiger partial charge in [0.25, 0.3) is 11.6 Å². The van der Waals surface area contributed by atoms with Crippen LogP contribution in [-0.4, -0.2) is 23.5 Å². The van der Waals surface area contributed by atoms with Crippen LogP contribution in [0, 0.1) is 28.4 Å². The second kappa shape index (κ2) is 5.21. The van der Waals surface area contributed by atoms with E-state index in [1.54, 1.807) is 0 Å². The van der Waals surface area contributed by atoms with E-state index in [0.29, 0.717) is 11.4 Å². The normalized spacial score (nSPS) is 17.4. The molecule has 6 nitrogen and oxygen atoms in total. The first-order chi connectivity index (χ1) is 9.45. The summed E-state index contributed by atoms with van der Waals surface area (Å²) >= 11 is 0. The van der Waals surface area contributed by atoms with Gasteiger partial charge in [0.2, 0.25) is 0 Å². The Morgan fingerprint density at radius 2 is 2.25 bits per heavy atom. The number of carbonyl (C=O) groups excluding carboxylic acids is 1. The van der Waals surface area contributed by atoms with Crippen LogP contribution < -0.4 is 9.64 Å². The van der Waals surface area contributed by atoms with Crippen molar-refractivity contribution < 1.29 is 14.5 Å². The Kier molecular flexibility index (Phi) is 3.61. The molecule has 2 rings (SSSR count). The van der Waals surface area contributed by atoms with E-state index < -0.39 is 11.0 Å². The van der Waals surface area contributed by atoms with Gasteiger partial charge in [-0.1, -0.05) is 19.8 Å². The van der Waals surface area contributed by atoms with Gasteiger partial charge < -0.3 is 4.74 Å². The molecule has 6 heteroatoms. The summed E-state index contributed by atoms with van der Waals surface area (Å²) in [7, 11) is 0. The number of carbonyl (C=O) groups is 1. The summed E-state index contributed by atoms with van der Waals surface area (Å²) in [4.78, 5) is 24.0. The summed E-state index contributed by atoms with van der Waals surface area (Å²) in [5.41, 5.74) is 0.240. The number of anilines is 1. The van der Waals surface area contributed by atoms with Crippen molar-refractivity contribution in [2.45, 2.75) is 20.0 Å². The highest BCUT2D eigenvalue weighted by Gasteiger charge is 2.36. The molecular weight excluding hydrogens is 260 g/mol. The predicted octanol–water partition coefficient (Wildman–Crippen LogP) is 1.98. The fourth-order valence-electron chi connectivity index (χ4n) is 2.07. The molecule has 0 fully saturated rings. The fourth-order valence-corrected chi connectivity index (χ4v) is 2.07. The lowest BCUT2D eigenvalue weighted by molar-refractivity contribution is -0.384. The van der Waals surface area contributed by atoms with Crippen molar-refractivity contribution in [3.8, 4) is 18.1 Å². The Morgan fingerprint density at radius 3 is 2.80 bits per heavy atom. The van der Waals surface area contributed by atoms with Crippen LogP contribution in [0.3, 0.4) is 0 Å². The minimum absolute atomic E-state index is 0.0221. The van der Waals surface area contributed by atoms with Crippen LogP contribution in [0.1, 0.15) is 13.8 Å². The molecule has 0 spiro atoms.